The van der Waals surface area contributed by atoms with Crippen LogP contribution in [0.15, 0.2) is 12.1 Å². The molecule has 0 aliphatic heterocycles. The molecule has 0 aromatic carbocycles. The number of aromatic nitrogens is 1. The number of nitrogens with zero attached hydrogens (tertiary/aromatic N) is 1. The number of hydrogen-bond acceptors (Lipinski definition) is 2. The Morgan fingerprint density at radius 1 is 1.58 bits per heavy atom. The van der Waals surface area contributed by atoms with Crippen LogP contribution < -0.4 is 5.59 Å². The Morgan fingerprint density at radius 2 is 2.33 bits per heavy atom. The Labute approximate surface area is 73.1 Å². The second-order valence-electron chi connectivity index (χ2n) is 3.52. The first-order valence-electron chi connectivity index (χ1n) is 4.08. The lowest BCUT2D eigenvalue weighted by atomic mass is 9.99. The van der Waals surface area contributed by atoms with E-state index in [4.69, 9.17) is 7.85 Å². The molecule has 1 atom stereocenters. The predicted molar refractivity (Wildman–Crippen MR) is 47.5 cm³/mol. The summed E-state index contributed by atoms with van der Waals surface area (Å²) in [6.07, 6.45) is 1.65. The van der Waals surface area contributed by atoms with Crippen LogP contribution in [0.5, 0.6) is 0 Å². The molecular formula is C9H10BNO. The van der Waals surface area contributed by atoms with Gasteiger partial charge in [-0.15, -0.1) is 0 Å². The van der Waals surface area contributed by atoms with Crippen molar-refractivity contribution in [2.75, 3.05) is 0 Å². The van der Waals surface area contributed by atoms with Gasteiger partial charge in [-0.05, 0) is 30.9 Å². The monoisotopic (exact) mass is 159 g/mol. The maximum absolute atomic E-state index is 9.85. The average molecular weight is 159 g/mol. The minimum absolute atomic E-state index is 0.482. The second-order valence-corrected chi connectivity index (χ2v) is 3.52. The fourth-order valence-electron chi connectivity index (χ4n) is 1.67. The largest absolute Gasteiger partial charge is 0.384 e. The summed E-state index contributed by atoms with van der Waals surface area (Å²) in [5.74, 6) is 0. The van der Waals surface area contributed by atoms with Gasteiger partial charge < -0.3 is 5.11 Å². The van der Waals surface area contributed by atoms with Crippen molar-refractivity contribution in [1.29, 1.82) is 0 Å². The van der Waals surface area contributed by atoms with Gasteiger partial charge >= 0.3 is 0 Å². The Hall–Kier alpha value is -0.825. The van der Waals surface area contributed by atoms with E-state index in [-0.39, 0.29) is 0 Å². The first-order valence-corrected chi connectivity index (χ1v) is 4.08. The maximum atomic E-state index is 9.85. The lowest BCUT2D eigenvalue weighted by Crippen LogP contribution is -2.22. The third kappa shape index (κ3) is 1.05. The zero-order valence-corrected chi connectivity index (χ0v) is 7.04. The number of fused-ring (bicyclic) bond motifs is 1. The van der Waals surface area contributed by atoms with Crippen LogP contribution in [0.3, 0.4) is 0 Å². The fraction of sp³-hybridized carbons (Fsp3) is 0.444. The van der Waals surface area contributed by atoms with Gasteiger partial charge in [-0.2, -0.15) is 0 Å². The fourth-order valence-corrected chi connectivity index (χ4v) is 1.67. The number of rotatable bonds is 0. The van der Waals surface area contributed by atoms with Gasteiger partial charge in [-0.3, -0.25) is 4.98 Å². The van der Waals surface area contributed by atoms with E-state index in [9.17, 15) is 5.11 Å². The molecule has 1 unspecified atom stereocenters. The van der Waals surface area contributed by atoms with Crippen LogP contribution in [0.4, 0.5) is 0 Å². The van der Waals surface area contributed by atoms with E-state index in [1.165, 1.54) is 0 Å². The van der Waals surface area contributed by atoms with Crippen molar-refractivity contribution in [3.8, 4) is 0 Å². The molecule has 1 aliphatic rings. The topological polar surface area (TPSA) is 33.1 Å². The molecule has 0 fully saturated rings. The Kier molecular flexibility index (Phi) is 1.52. The number of pyridine rings is 1. The highest BCUT2D eigenvalue weighted by Crippen LogP contribution is 2.33. The first kappa shape index (κ1) is 7.81. The normalized spacial score (nSPS) is 27.2. The minimum atomic E-state index is -0.773. The van der Waals surface area contributed by atoms with Crippen molar-refractivity contribution < 1.29 is 5.11 Å². The summed E-state index contributed by atoms with van der Waals surface area (Å²) >= 11 is 0. The summed E-state index contributed by atoms with van der Waals surface area (Å²) in [5.41, 5.74) is 1.58. The lowest BCUT2D eigenvalue weighted by molar-refractivity contribution is 0.0555. The van der Waals surface area contributed by atoms with Gasteiger partial charge in [-0.25, -0.2) is 0 Å². The standard InChI is InChI=1S/C9H10BNO/c1-9(12)5-4-6-2-3-7(10)11-8(6)9/h2-3,12H,4-5H2,1H3. The zero-order valence-electron chi connectivity index (χ0n) is 7.04. The van der Waals surface area contributed by atoms with Crippen LogP contribution >= 0.6 is 0 Å². The number of aryl methyl sites for hydroxylation is 1. The van der Waals surface area contributed by atoms with Crippen molar-refractivity contribution in [3.05, 3.63) is 23.4 Å². The maximum Gasteiger partial charge on any atom is 0.141 e. The van der Waals surface area contributed by atoms with Gasteiger partial charge in [0.25, 0.3) is 0 Å². The third-order valence-corrected chi connectivity index (χ3v) is 2.39. The van der Waals surface area contributed by atoms with Crippen molar-refractivity contribution in [2.24, 2.45) is 0 Å². The number of hydrogen-bond donors (Lipinski definition) is 1. The van der Waals surface area contributed by atoms with Crippen molar-refractivity contribution in [1.82, 2.24) is 4.98 Å². The first-order chi connectivity index (χ1) is 5.59. The molecule has 60 valence electrons. The average Bonchev–Trinajstić information content (AvgIpc) is 2.28. The van der Waals surface area contributed by atoms with Gasteiger partial charge in [0.15, 0.2) is 0 Å². The third-order valence-electron chi connectivity index (χ3n) is 2.39. The molecule has 3 heteroatoms. The van der Waals surface area contributed by atoms with Crippen LogP contribution in [0.25, 0.3) is 0 Å². The highest BCUT2D eigenvalue weighted by Gasteiger charge is 2.33. The zero-order chi connectivity index (χ0) is 8.77. The highest BCUT2D eigenvalue weighted by atomic mass is 16.3. The molecule has 12 heavy (non-hydrogen) atoms. The van der Waals surface area contributed by atoms with Crippen LogP contribution in [-0.4, -0.2) is 17.9 Å². The molecule has 2 rings (SSSR count). The molecule has 0 amide bonds. The van der Waals surface area contributed by atoms with E-state index < -0.39 is 5.60 Å². The van der Waals surface area contributed by atoms with Gasteiger partial charge in [0.05, 0.1) is 5.69 Å². The quantitative estimate of drug-likeness (QED) is 0.541. The molecule has 0 bridgehead atoms. The summed E-state index contributed by atoms with van der Waals surface area (Å²) in [5, 5.41) is 9.85. The van der Waals surface area contributed by atoms with E-state index in [0.717, 1.165) is 24.1 Å². The van der Waals surface area contributed by atoms with Gasteiger partial charge in [-0.1, -0.05) is 12.1 Å². The molecule has 0 spiro atoms. The van der Waals surface area contributed by atoms with Crippen molar-refractivity contribution in [2.45, 2.75) is 25.4 Å². The SMILES string of the molecule is [B]c1ccc2c(n1)C(C)(O)CC2. The molecule has 1 aromatic heterocycles. The van der Waals surface area contributed by atoms with Crippen molar-refractivity contribution >= 4 is 13.4 Å². The summed E-state index contributed by atoms with van der Waals surface area (Å²) in [6, 6.07) is 3.72. The van der Waals surface area contributed by atoms with E-state index in [1.54, 1.807) is 13.0 Å². The van der Waals surface area contributed by atoms with Gasteiger partial charge in [0.2, 0.25) is 0 Å². The summed E-state index contributed by atoms with van der Waals surface area (Å²) in [4.78, 5) is 4.13. The molecule has 2 nitrogen and oxygen atoms in total. The minimum Gasteiger partial charge on any atom is -0.384 e. The van der Waals surface area contributed by atoms with E-state index in [1.807, 2.05) is 6.07 Å². The summed E-state index contributed by atoms with van der Waals surface area (Å²) in [7, 11) is 5.53. The van der Waals surface area contributed by atoms with Crippen LogP contribution in [0, 0.1) is 0 Å². The lowest BCUT2D eigenvalue weighted by Gasteiger charge is -2.16. The van der Waals surface area contributed by atoms with Crippen molar-refractivity contribution in [3.63, 3.8) is 0 Å². The molecule has 1 aromatic rings. The van der Waals surface area contributed by atoms with E-state index in [2.05, 4.69) is 4.98 Å². The van der Waals surface area contributed by atoms with Gasteiger partial charge in [0.1, 0.15) is 13.4 Å². The number of aliphatic hydroxyl groups is 1. The predicted octanol–water partition coefficient (Wildman–Crippen LogP) is 0.0291. The Bertz CT molecular complexity index is 322. The van der Waals surface area contributed by atoms with E-state index >= 15 is 0 Å². The summed E-state index contributed by atoms with van der Waals surface area (Å²) < 4.78 is 0. The highest BCUT2D eigenvalue weighted by molar-refractivity contribution is 6.30. The Balaban J connectivity index is 2.57. The molecule has 1 aliphatic carbocycles. The van der Waals surface area contributed by atoms with E-state index in [0.29, 0.717) is 5.59 Å². The molecule has 2 radical (unpaired) electrons. The van der Waals surface area contributed by atoms with Crippen LogP contribution in [-0.2, 0) is 12.0 Å². The Morgan fingerprint density at radius 3 is 3.08 bits per heavy atom. The molecule has 1 heterocycles. The van der Waals surface area contributed by atoms with Crippen LogP contribution in [0.1, 0.15) is 24.6 Å². The summed E-state index contributed by atoms with van der Waals surface area (Å²) in [6.45, 7) is 1.78. The molecular weight excluding hydrogens is 149 g/mol. The molecule has 1 N–H and O–H groups in total. The smallest absolute Gasteiger partial charge is 0.141 e. The molecule has 0 saturated carbocycles. The van der Waals surface area contributed by atoms with Gasteiger partial charge in [0, 0.05) is 0 Å². The molecule has 0 saturated heterocycles. The second kappa shape index (κ2) is 2.33. The van der Waals surface area contributed by atoms with Crippen LogP contribution in [0.2, 0.25) is 0 Å².